The second kappa shape index (κ2) is 4.94. The van der Waals surface area contributed by atoms with Gasteiger partial charge in [-0.1, -0.05) is 0 Å². The summed E-state index contributed by atoms with van der Waals surface area (Å²) in [4.78, 5) is 2.34. The summed E-state index contributed by atoms with van der Waals surface area (Å²) in [6.07, 6.45) is 0. The van der Waals surface area contributed by atoms with Crippen LogP contribution in [0.3, 0.4) is 0 Å². The van der Waals surface area contributed by atoms with E-state index >= 15 is 0 Å². The van der Waals surface area contributed by atoms with Crippen molar-refractivity contribution in [2.24, 2.45) is 0 Å². The van der Waals surface area contributed by atoms with Crippen molar-refractivity contribution in [3.05, 3.63) is 0 Å². The van der Waals surface area contributed by atoms with E-state index in [1.54, 1.807) is 7.11 Å². The molecule has 0 N–H and O–H groups in total. The van der Waals surface area contributed by atoms with Crippen molar-refractivity contribution in [3.8, 4) is 0 Å². The molecule has 0 radical (unpaired) electrons. The van der Waals surface area contributed by atoms with Gasteiger partial charge in [-0.2, -0.15) is 0 Å². The Morgan fingerprint density at radius 1 is 1.67 bits per heavy atom. The number of rotatable bonds is 3. The van der Waals surface area contributed by atoms with Crippen molar-refractivity contribution in [1.82, 2.24) is 4.90 Å². The average molecular weight is 191 g/mol. The zero-order valence-electron chi connectivity index (χ0n) is 7.78. The molecule has 1 aliphatic rings. The molecule has 2 unspecified atom stereocenters. The molecule has 0 bridgehead atoms. The molecule has 0 aromatic carbocycles. The Morgan fingerprint density at radius 2 is 2.42 bits per heavy atom. The van der Waals surface area contributed by atoms with E-state index in [0.29, 0.717) is 6.04 Å². The van der Waals surface area contributed by atoms with Crippen LogP contribution in [0.2, 0.25) is 0 Å². The summed E-state index contributed by atoms with van der Waals surface area (Å²) < 4.78 is 16.1. The normalized spacial score (nSPS) is 32.2. The SMILES string of the molecule is COCCN1CCS(=O)CC1C. The molecule has 1 aliphatic heterocycles. The fourth-order valence-electron chi connectivity index (χ4n) is 1.44. The Kier molecular flexibility index (Phi) is 4.18. The van der Waals surface area contributed by atoms with E-state index < -0.39 is 10.8 Å². The molecule has 0 aromatic rings. The van der Waals surface area contributed by atoms with E-state index in [4.69, 9.17) is 4.74 Å². The van der Waals surface area contributed by atoms with Crippen LogP contribution < -0.4 is 0 Å². The highest BCUT2D eigenvalue weighted by molar-refractivity contribution is 7.85. The zero-order valence-corrected chi connectivity index (χ0v) is 8.60. The van der Waals surface area contributed by atoms with Crippen LogP contribution in [0.4, 0.5) is 0 Å². The topological polar surface area (TPSA) is 29.5 Å². The van der Waals surface area contributed by atoms with Crippen molar-refractivity contribution in [2.45, 2.75) is 13.0 Å². The maximum absolute atomic E-state index is 11.1. The molecule has 0 aromatic heterocycles. The molecule has 1 fully saturated rings. The average Bonchev–Trinajstić information content (AvgIpc) is 2.03. The monoisotopic (exact) mass is 191 g/mol. The molecule has 1 heterocycles. The quantitative estimate of drug-likeness (QED) is 0.633. The number of methoxy groups -OCH3 is 1. The molecule has 2 atom stereocenters. The first-order chi connectivity index (χ1) is 5.74. The van der Waals surface area contributed by atoms with Gasteiger partial charge in [0.25, 0.3) is 0 Å². The number of hydrogen-bond donors (Lipinski definition) is 0. The van der Waals surface area contributed by atoms with Gasteiger partial charge in [-0.3, -0.25) is 9.11 Å². The fraction of sp³-hybridized carbons (Fsp3) is 1.00. The molecule has 0 amide bonds. The maximum atomic E-state index is 11.1. The van der Waals surface area contributed by atoms with E-state index in [2.05, 4.69) is 11.8 Å². The van der Waals surface area contributed by atoms with Crippen LogP contribution in [0.15, 0.2) is 0 Å². The molecule has 72 valence electrons. The number of ether oxygens (including phenoxy) is 1. The third-order valence-electron chi connectivity index (χ3n) is 2.24. The Hall–Kier alpha value is 0.0700. The van der Waals surface area contributed by atoms with Gasteiger partial charge in [0.15, 0.2) is 0 Å². The second-order valence-electron chi connectivity index (χ2n) is 3.19. The maximum Gasteiger partial charge on any atom is 0.0589 e. The van der Waals surface area contributed by atoms with Gasteiger partial charge < -0.3 is 4.74 Å². The molecule has 0 saturated carbocycles. The van der Waals surface area contributed by atoms with Crippen LogP contribution in [0.5, 0.6) is 0 Å². The van der Waals surface area contributed by atoms with Gasteiger partial charge >= 0.3 is 0 Å². The first-order valence-electron chi connectivity index (χ1n) is 4.32. The minimum absolute atomic E-state index is 0.453. The Bertz CT molecular complexity index is 163. The molecular weight excluding hydrogens is 174 g/mol. The summed E-state index contributed by atoms with van der Waals surface area (Å²) in [7, 11) is 1.14. The zero-order chi connectivity index (χ0) is 8.97. The van der Waals surface area contributed by atoms with Gasteiger partial charge in [0, 0.05) is 48.5 Å². The van der Waals surface area contributed by atoms with Crippen molar-refractivity contribution in [2.75, 3.05) is 38.3 Å². The lowest BCUT2D eigenvalue weighted by Gasteiger charge is -2.32. The third kappa shape index (κ3) is 2.84. The van der Waals surface area contributed by atoms with E-state index in [0.717, 1.165) is 31.2 Å². The van der Waals surface area contributed by atoms with Gasteiger partial charge in [-0.15, -0.1) is 0 Å². The van der Waals surface area contributed by atoms with Gasteiger partial charge in [-0.25, -0.2) is 0 Å². The molecule has 12 heavy (non-hydrogen) atoms. The third-order valence-corrected chi connectivity index (χ3v) is 3.73. The molecule has 4 heteroatoms. The molecular formula is C8H17NO2S. The largest absolute Gasteiger partial charge is 0.383 e. The molecule has 0 aliphatic carbocycles. The summed E-state index contributed by atoms with van der Waals surface area (Å²) in [5.41, 5.74) is 0. The molecule has 1 saturated heterocycles. The first-order valence-corrected chi connectivity index (χ1v) is 5.81. The number of nitrogens with zero attached hydrogens (tertiary/aromatic N) is 1. The minimum Gasteiger partial charge on any atom is -0.383 e. The van der Waals surface area contributed by atoms with E-state index in [1.807, 2.05) is 0 Å². The molecule has 0 spiro atoms. The minimum atomic E-state index is -0.579. The first kappa shape index (κ1) is 10.2. The molecule has 3 nitrogen and oxygen atoms in total. The summed E-state index contributed by atoms with van der Waals surface area (Å²) in [6, 6.07) is 0.453. The lowest BCUT2D eigenvalue weighted by atomic mass is 10.3. The van der Waals surface area contributed by atoms with Crippen LogP contribution in [0, 0.1) is 0 Å². The summed E-state index contributed by atoms with van der Waals surface area (Å²) in [5, 5.41) is 0. The highest BCUT2D eigenvalue weighted by Gasteiger charge is 2.21. The highest BCUT2D eigenvalue weighted by atomic mass is 32.2. The molecule has 1 rings (SSSR count). The van der Waals surface area contributed by atoms with Gasteiger partial charge in [0.1, 0.15) is 0 Å². The Labute approximate surface area is 76.5 Å². The van der Waals surface area contributed by atoms with Crippen molar-refractivity contribution in [1.29, 1.82) is 0 Å². The van der Waals surface area contributed by atoms with Crippen molar-refractivity contribution >= 4 is 10.8 Å². The lowest BCUT2D eigenvalue weighted by Crippen LogP contribution is -2.46. The number of hydrogen-bond acceptors (Lipinski definition) is 3. The van der Waals surface area contributed by atoms with Gasteiger partial charge in [-0.05, 0) is 6.92 Å². The second-order valence-corrected chi connectivity index (χ2v) is 4.81. The van der Waals surface area contributed by atoms with E-state index in [1.165, 1.54) is 0 Å². The van der Waals surface area contributed by atoms with Crippen LogP contribution in [-0.2, 0) is 15.5 Å². The standard InChI is InChI=1S/C8H17NO2S/c1-8-7-12(10)6-4-9(8)3-5-11-2/h8H,3-7H2,1-2H3. The van der Waals surface area contributed by atoms with Crippen molar-refractivity contribution < 1.29 is 8.95 Å². The van der Waals surface area contributed by atoms with Crippen molar-refractivity contribution in [3.63, 3.8) is 0 Å². The van der Waals surface area contributed by atoms with E-state index in [9.17, 15) is 4.21 Å². The van der Waals surface area contributed by atoms with Crippen LogP contribution in [-0.4, -0.2) is 53.5 Å². The smallest absolute Gasteiger partial charge is 0.0589 e. The lowest BCUT2D eigenvalue weighted by molar-refractivity contribution is 0.132. The van der Waals surface area contributed by atoms with Gasteiger partial charge in [0.2, 0.25) is 0 Å². The summed E-state index contributed by atoms with van der Waals surface area (Å²) in [6.45, 7) is 4.83. The fourth-order valence-corrected chi connectivity index (χ4v) is 2.79. The predicted molar refractivity (Wildman–Crippen MR) is 50.8 cm³/mol. The van der Waals surface area contributed by atoms with Crippen LogP contribution in [0.25, 0.3) is 0 Å². The van der Waals surface area contributed by atoms with E-state index in [-0.39, 0.29) is 0 Å². The Morgan fingerprint density at radius 3 is 3.00 bits per heavy atom. The Balaban J connectivity index is 2.29. The summed E-state index contributed by atoms with van der Waals surface area (Å²) >= 11 is 0. The van der Waals surface area contributed by atoms with Gasteiger partial charge in [0.05, 0.1) is 6.61 Å². The predicted octanol–water partition coefficient (Wildman–Crippen LogP) is 0.0856. The summed E-state index contributed by atoms with van der Waals surface area (Å²) in [5.74, 6) is 1.65. The van der Waals surface area contributed by atoms with Crippen LogP contribution >= 0.6 is 0 Å². The van der Waals surface area contributed by atoms with Crippen LogP contribution in [0.1, 0.15) is 6.92 Å². The highest BCUT2D eigenvalue weighted by Crippen LogP contribution is 2.07.